The van der Waals surface area contributed by atoms with Crippen molar-refractivity contribution in [3.63, 3.8) is 0 Å². The first-order valence-corrected chi connectivity index (χ1v) is 12.6. The Hall–Kier alpha value is -3.80. The Morgan fingerprint density at radius 2 is 1.89 bits per heavy atom. The maximum atomic E-state index is 12.9. The molecule has 2 N–H and O–H groups in total. The summed E-state index contributed by atoms with van der Waals surface area (Å²) in [4.78, 5) is 15.3. The van der Waals surface area contributed by atoms with Gasteiger partial charge in [-0.15, -0.1) is 0 Å². The molecule has 0 saturated carbocycles. The number of anilines is 2. The van der Waals surface area contributed by atoms with Crippen LogP contribution in [-0.4, -0.2) is 66.6 Å². The van der Waals surface area contributed by atoms with Crippen molar-refractivity contribution in [1.29, 1.82) is 0 Å². The van der Waals surface area contributed by atoms with Crippen LogP contribution >= 0.6 is 0 Å². The van der Waals surface area contributed by atoms with Crippen LogP contribution in [0.25, 0.3) is 0 Å². The largest absolute Gasteiger partial charge is 0.488 e. The van der Waals surface area contributed by atoms with E-state index >= 15 is 0 Å². The SMILES string of the molecule is CCN(CC)CCNc1cccc(C#Cc2cc(O[C@@H](C)COC)cc(C(=O)Nc3ccn(C)n3)c2)c1. The molecule has 2 aromatic carbocycles. The average Bonchev–Trinajstić information content (AvgIpc) is 3.30. The molecule has 0 aliphatic heterocycles. The summed E-state index contributed by atoms with van der Waals surface area (Å²) in [5.74, 6) is 7.15. The number of hydrogen-bond acceptors (Lipinski definition) is 6. The Balaban J connectivity index is 1.80. The molecule has 0 radical (unpaired) electrons. The summed E-state index contributed by atoms with van der Waals surface area (Å²) in [6, 6.07) is 15.1. The molecule has 0 aliphatic rings. The zero-order chi connectivity index (χ0) is 26.6. The smallest absolute Gasteiger partial charge is 0.257 e. The molecule has 1 atom stereocenters. The number of likely N-dealkylation sites (N-methyl/N-ethyl adjacent to an activating group) is 1. The van der Waals surface area contributed by atoms with Gasteiger partial charge in [-0.2, -0.15) is 5.10 Å². The second kappa shape index (κ2) is 14.1. The first-order valence-electron chi connectivity index (χ1n) is 12.6. The first kappa shape index (κ1) is 27.8. The minimum absolute atomic E-state index is 0.181. The lowest BCUT2D eigenvalue weighted by Crippen LogP contribution is -2.28. The number of benzene rings is 2. The maximum absolute atomic E-state index is 12.9. The molecule has 3 aromatic rings. The fourth-order valence-corrected chi connectivity index (χ4v) is 3.79. The number of nitrogens with zero attached hydrogens (tertiary/aromatic N) is 3. The van der Waals surface area contributed by atoms with Gasteiger partial charge in [-0.25, -0.2) is 0 Å². The van der Waals surface area contributed by atoms with Crippen molar-refractivity contribution in [2.24, 2.45) is 7.05 Å². The lowest BCUT2D eigenvalue weighted by Gasteiger charge is -2.18. The number of rotatable bonds is 12. The van der Waals surface area contributed by atoms with E-state index in [4.69, 9.17) is 9.47 Å². The van der Waals surface area contributed by atoms with Crippen LogP contribution in [0.5, 0.6) is 5.75 Å². The van der Waals surface area contributed by atoms with Crippen LogP contribution < -0.4 is 15.4 Å². The molecule has 37 heavy (non-hydrogen) atoms. The lowest BCUT2D eigenvalue weighted by atomic mass is 10.1. The van der Waals surface area contributed by atoms with E-state index in [9.17, 15) is 4.79 Å². The highest BCUT2D eigenvalue weighted by Crippen LogP contribution is 2.20. The number of methoxy groups -OCH3 is 1. The van der Waals surface area contributed by atoms with E-state index in [0.717, 1.165) is 37.4 Å². The van der Waals surface area contributed by atoms with Crippen LogP contribution in [0.4, 0.5) is 11.5 Å². The lowest BCUT2D eigenvalue weighted by molar-refractivity contribution is 0.0917. The molecule has 0 saturated heterocycles. The van der Waals surface area contributed by atoms with Gasteiger partial charge in [-0.05, 0) is 56.4 Å². The predicted molar refractivity (Wildman–Crippen MR) is 148 cm³/mol. The standard InChI is InChI=1S/C29H37N5O3/c1-6-34(7-2)16-14-30-26-10-8-9-23(18-26)11-12-24-17-25(20-27(19-24)37-22(3)21-36-5)29(35)31-28-13-15-33(4)32-28/h8-10,13,15,17-20,22,30H,6-7,14,16,21H2,1-5H3,(H,31,32,35)/t22-/m0/s1. The minimum Gasteiger partial charge on any atom is -0.488 e. The van der Waals surface area contributed by atoms with Gasteiger partial charge < -0.3 is 25.0 Å². The molecule has 3 rings (SSSR count). The van der Waals surface area contributed by atoms with Gasteiger partial charge >= 0.3 is 0 Å². The summed E-state index contributed by atoms with van der Waals surface area (Å²) < 4.78 is 12.8. The highest BCUT2D eigenvalue weighted by molar-refractivity contribution is 6.04. The van der Waals surface area contributed by atoms with Gasteiger partial charge in [-0.3, -0.25) is 9.48 Å². The van der Waals surface area contributed by atoms with Gasteiger partial charge in [0.1, 0.15) is 11.9 Å². The van der Waals surface area contributed by atoms with Gasteiger partial charge in [0.2, 0.25) is 0 Å². The number of aryl methyl sites for hydroxylation is 1. The Labute approximate surface area is 220 Å². The second-order valence-electron chi connectivity index (χ2n) is 8.74. The van der Waals surface area contributed by atoms with Crippen LogP contribution in [0.3, 0.4) is 0 Å². The van der Waals surface area contributed by atoms with Crippen LogP contribution in [0.15, 0.2) is 54.7 Å². The zero-order valence-electron chi connectivity index (χ0n) is 22.4. The van der Waals surface area contributed by atoms with E-state index in [-0.39, 0.29) is 12.0 Å². The molecule has 1 amide bonds. The number of ether oxygens (including phenoxy) is 2. The third-order valence-corrected chi connectivity index (χ3v) is 5.73. The fourth-order valence-electron chi connectivity index (χ4n) is 3.79. The summed E-state index contributed by atoms with van der Waals surface area (Å²) in [6.07, 6.45) is 1.59. The molecule has 8 nitrogen and oxygen atoms in total. The Morgan fingerprint density at radius 1 is 1.11 bits per heavy atom. The molecule has 1 heterocycles. The van der Waals surface area contributed by atoms with Crippen molar-refractivity contribution in [2.75, 3.05) is 50.5 Å². The third-order valence-electron chi connectivity index (χ3n) is 5.73. The highest BCUT2D eigenvalue weighted by Gasteiger charge is 2.13. The van der Waals surface area contributed by atoms with Crippen molar-refractivity contribution in [3.8, 4) is 17.6 Å². The van der Waals surface area contributed by atoms with Gasteiger partial charge in [0.25, 0.3) is 5.91 Å². The topological polar surface area (TPSA) is 80.7 Å². The molecule has 0 spiro atoms. The highest BCUT2D eigenvalue weighted by atomic mass is 16.5. The van der Waals surface area contributed by atoms with Crippen molar-refractivity contribution >= 4 is 17.4 Å². The minimum atomic E-state index is -0.286. The molecular weight excluding hydrogens is 466 g/mol. The predicted octanol–water partition coefficient (Wildman–Crippen LogP) is 4.24. The van der Waals surface area contributed by atoms with E-state index in [1.807, 2.05) is 37.3 Å². The van der Waals surface area contributed by atoms with Gasteiger partial charge in [-0.1, -0.05) is 31.8 Å². The van der Waals surface area contributed by atoms with Crippen LogP contribution in [0.1, 0.15) is 42.3 Å². The number of nitrogens with one attached hydrogen (secondary N) is 2. The molecule has 196 valence electrons. The summed E-state index contributed by atoms with van der Waals surface area (Å²) in [7, 11) is 3.42. The van der Waals surface area contributed by atoms with E-state index in [2.05, 4.69) is 46.3 Å². The van der Waals surface area contributed by atoms with Crippen LogP contribution in [0, 0.1) is 11.8 Å². The number of carbonyl (C=O) groups is 1. The van der Waals surface area contributed by atoms with E-state index in [1.54, 1.807) is 43.2 Å². The second-order valence-corrected chi connectivity index (χ2v) is 8.74. The fraction of sp³-hybridized carbons (Fsp3) is 0.379. The summed E-state index contributed by atoms with van der Waals surface area (Å²) >= 11 is 0. The zero-order valence-corrected chi connectivity index (χ0v) is 22.4. The molecule has 1 aromatic heterocycles. The van der Waals surface area contributed by atoms with Crippen molar-refractivity contribution in [1.82, 2.24) is 14.7 Å². The van der Waals surface area contributed by atoms with Gasteiger partial charge in [0, 0.05) is 61.9 Å². The van der Waals surface area contributed by atoms with Crippen molar-refractivity contribution in [2.45, 2.75) is 26.9 Å². The van der Waals surface area contributed by atoms with E-state index in [0.29, 0.717) is 29.3 Å². The molecule has 8 heteroatoms. The number of hydrogen-bond donors (Lipinski definition) is 2. The molecule has 0 bridgehead atoms. The van der Waals surface area contributed by atoms with Crippen molar-refractivity contribution in [3.05, 3.63) is 71.4 Å². The maximum Gasteiger partial charge on any atom is 0.257 e. The Kier molecular flexibility index (Phi) is 10.6. The number of aromatic nitrogens is 2. The summed E-state index contributed by atoms with van der Waals surface area (Å²) in [5.41, 5.74) is 3.02. The van der Waals surface area contributed by atoms with Crippen LogP contribution in [0.2, 0.25) is 0 Å². The quantitative estimate of drug-likeness (QED) is 0.360. The van der Waals surface area contributed by atoms with Gasteiger partial charge in [0.15, 0.2) is 5.82 Å². The Morgan fingerprint density at radius 3 is 2.59 bits per heavy atom. The Bertz CT molecular complexity index is 1220. The summed E-state index contributed by atoms with van der Waals surface area (Å²) in [5, 5.41) is 10.5. The van der Waals surface area contributed by atoms with E-state index in [1.165, 1.54) is 0 Å². The van der Waals surface area contributed by atoms with Crippen molar-refractivity contribution < 1.29 is 14.3 Å². The van der Waals surface area contributed by atoms with Crippen LogP contribution in [-0.2, 0) is 11.8 Å². The average molecular weight is 504 g/mol. The summed E-state index contributed by atoms with van der Waals surface area (Å²) in [6.45, 7) is 10.6. The third kappa shape index (κ3) is 8.98. The first-order chi connectivity index (χ1) is 17.9. The normalized spacial score (nSPS) is 11.5. The van der Waals surface area contributed by atoms with E-state index < -0.39 is 0 Å². The van der Waals surface area contributed by atoms with Gasteiger partial charge in [0.05, 0.1) is 6.61 Å². The number of amides is 1. The molecule has 0 fully saturated rings. The molecule has 0 aliphatic carbocycles. The number of carbonyl (C=O) groups excluding carboxylic acids is 1. The molecular formula is C29H37N5O3. The molecule has 0 unspecified atom stereocenters. The monoisotopic (exact) mass is 503 g/mol.